The Morgan fingerprint density at radius 2 is 1.91 bits per heavy atom. The van der Waals surface area contributed by atoms with Crippen molar-refractivity contribution in [3.8, 4) is 23.1 Å². The van der Waals surface area contributed by atoms with Gasteiger partial charge in [-0.05, 0) is 68.5 Å². The van der Waals surface area contributed by atoms with E-state index in [0.717, 1.165) is 67.5 Å². The van der Waals surface area contributed by atoms with Gasteiger partial charge in [-0.25, -0.2) is 9.37 Å². The fourth-order valence-corrected chi connectivity index (χ4v) is 5.06. The van der Waals surface area contributed by atoms with Crippen molar-refractivity contribution in [2.75, 3.05) is 13.1 Å². The predicted octanol–water partition coefficient (Wildman–Crippen LogP) is 4.94. The number of hydrogen-bond acceptors (Lipinski definition) is 4. The highest BCUT2D eigenvalue weighted by atomic mass is 19.1. The lowest BCUT2D eigenvalue weighted by Gasteiger charge is -2.26. The van der Waals surface area contributed by atoms with Crippen molar-refractivity contribution in [1.29, 1.82) is 5.26 Å². The second kappa shape index (κ2) is 8.35. The first kappa shape index (κ1) is 21.5. The van der Waals surface area contributed by atoms with Crippen molar-refractivity contribution >= 4 is 16.8 Å². The van der Waals surface area contributed by atoms with E-state index in [1.807, 2.05) is 51.7 Å². The number of aryl methyl sites for hydroxylation is 1. The number of nitrogens with zero attached hydrogens (tertiary/aromatic N) is 6. The zero-order chi connectivity index (χ0) is 24.1. The standard InChI is InChI=1S/C27H25FN6O/c1-32-23-10-9-21(13-20(23)16-30-32)34-25(17-5-6-17)24(27(35)33-11-3-2-4-12-33)31-26(34)18-7-8-19(15-29)22(28)14-18/h7-10,13-14,16-17H,2-6,11-12H2,1H3. The summed E-state index contributed by atoms with van der Waals surface area (Å²) in [6.07, 6.45) is 6.92. The van der Waals surface area contributed by atoms with Crippen LogP contribution in [0.5, 0.6) is 0 Å². The molecule has 1 saturated carbocycles. The van der Waals surface area contributed by atoms with Crippen LogP contribution in [0, 0.1) is 17.1 Å². The van der Waals surface area contributed by atoms with Crippen LogP contribution < -0.4 is 0 Å². The van der Waals surface area contributed by atoms with Crippen LogP contribution in [0.15, 0.2) is 42.6 Å². The summed E-state index contributed by atoms with van der Waals surface area (Å²) >= 11 is 0. The van der Waals surface area contributed by atoms with Gasteiger partial charge in [0.05, 0.1) is 23.0 Å². The number of likely N-dealkylation sites (tertiary alicyclic amines) is 1. The maximum atomic E-state index is 14.7. The second-order valence-electron chi connectivity index (χ2n) is 9.45. The molecule has 2 aliphatic rings. The predicted molar refractivity (Wildman–Crippen MR) is 130 cm³/mol. The molecule has 0 unspecified atom stereocenters. The molecule has 0 N–H and O–H groups in total. The highest BCUT2D eigenvalue weighted by Gasteiger charge is 2.37. The van der Waals surface area contributed by atoms with Gasteiger partial charge in [0, 0.05) is 42.7 Å². The van der Waals surface area contributed by atoms with Crippen molar-refractivity contribution in [2.24, 2.45) is 7.05 Å². The van der Waals surface area contributed by atoms with Crippen LogP contribution in [-0.2, 0) is 7.05 Å². The number of carbonyl (C=O) groups is 1. The third kappa shape index (κ3) is 3.68. The average molecular weight is 469 g/mol. The summed E-state index contributed by atoms with van der Waals surface area (Å²) in [6.45, 7) is 1.47. The third-order valence-corrected chi connectivity index (χ3v) is 7.06. The van der Waals surface area contributed by atoms with Gasteiger partial charge >= 0.3 is 0 Å². The Balaban J connectivity index is 1.58. The Morgan fingerprint density at radius 3 is 2.63 bits per heavy atom. The largest absolute Gasteiger partial charge is 0.337 e. The minimum atomic E-state index is -0.598. The molecule has 0 atom stereocenters. The van der Waals surface area contributed by atoms with E-state index in [-0.39, 0.29) is 17.4 Å². The zero-order valence-electron chi connectivity index (χ0n) is 19.5. The van der Waals surface area contributed by atoms with Crippen LogP contribution in [0.1, 0.15) is 59.8 Å². The lowest BCUT2D eigenvalue weighted by atomic mass is 10.1. The highest BCUT2D eigenvalue weighted by Crippen LogP contribution is 2.45. The van der Waals surface area contributed by atoms with Gasteiger partial charge in [-0.15, -0.1) is 0 Å². The molecule has 176 valence electrons. The van der Waals surface area contributed by atoms with E-state index in [2.05, 4.69) is 5.10 Å². The molecular formula is C27H25FN6O. The molecule has 1 aliphatic heterocycles. The Bertz CT molecular complexity index is 1500. The summed E-state index contributed by atoms with van der Waals surface area (Å²) < 4.78 is 18.5. The molecule has 8 heteroatoms. The number of benzene rings is 2. The zero-order valence-corrected chi connectivity index (χ0v) is 19.5. The van der Waals surface area contributed by atoms with Crippen LogP contribution in [0.25, 0.3) is 28.0 Å². The number of hydrogen-bond donors (Lipinski definition) is 0. The van der Waals surface area contributed by atoms with E-state index in [1.165, 1.54) is 12.1 Å². The van der Waals surface area contributed by atoms with Crippen molar-refractivity contribution < 1.29 is 9.18 Å². The Hall–Kier alpha value is -3.99. The summed E-state index contributed by atoms with van der Waals surface area (Å²) in [5, 5.41) is 14.5. The minimum absolute atomic E-state index is 0.0179. The molecule has 2 aromatic heterocycles. The van der Waals surface area contributed by atoms with E-state index in [1.54, 1.807) is 6.07 Å². The molecule has 1 aliphatic carbocycles. The lowest BCUT2D eigenvalue weighted by molar-refractivity contribution is 0.0717. The van der Waals surface area contributed by atoms with E-state index < -0.39 is 5.82 Å². The summed E-state index contributed by atoms with van der Waals surface area (Å²) in [7, 11) is 1.90. The van der Waals surface area contributed by atoms with E-state index in [4.69, 9.17) is 4.98 Å². The molecule has 1 amide bonds. The first-order valence-electron chi connectivity index (χ1n) is 12.1. The highest BCUT2D eigenvalue weighted by molar-refractivity contribution is 5.95. The van der Waals surface area contributed by atoms with Gasteiger partial charge in [0.15, 0.2) is 5.69 Å². The maximum Gasteiger partial charge on any atom is 0.274 e. The van der Waals surface area contributed by atoms with E-state index >= 15 is 0 Å². The minimum Gasteiger partial charge on any atom is -0.337 e. The fourth-order valence-electron chi connectivity index (χ4n) is 5.06. The van der Waals surface area contributed by atoms with E-state index in [0.29, 0.717) is 17.1 Å². The Kier molecular flexibility index (Phi) is 5.14. The van der Waals surface area contributed by atoms with Crippen LogP contribution in [0.4, 0.5) is 4.39 Å². The topological polar surface area (TPSA) is 79.7 Å². The van der Waals surface area contributed by atoms with Gasteiger partial charge in [0.2, 0.25) is 0 Å². The number of piperidine rings is 1. The molecule has 2 aromatic carbocycles. The molecule has 0 radical (unpaired) electrons. The molecule has 3 heterocycles. The first-order chi connectivity index (χ1) is 17.0. The summed E-state index contributed by atoms with van der Waals surface area (Å²) in [6, 6.07) is 12.4. The molecule has 2 fully saturated rings. The van der Waals surface area contributed by atoms with Gasteiger partial charge in [0.1, 0.15) is 17.7 Å². The smallest absolute Gasteiger partial charge is 0.274 e. The number of halogens is 1. The molecule has 4 aromatic rings. The quantitative estimate of drug-likeness (QED) is 0.425. The third-order valence-electron chi connectivity index (χ3n) is 7.06. The van der Waals surface area contributed by atoms with Crippen molar-refractivity contribution in [3.63, 3.8) is 0 Å². The number of fused-ring (bicyclic) bond motifs is 1. The second-order valence-corrected chi connectivity index (χ2v) is 9.45. The van der Waals surface area contributed by atoms with Gasteiger partial charge in [0.25, 0.3) is 5.91 Å². The molecule has 0 bridgehead atoms. The molecular weight excluding hydrogens is 443 g/mol. The van der Waals surface area contributed by atoms with Crippen LogP contribution in [0.3, 0.4) is 0 Å². The summed E-state index contributed by atoms with van der Waals surface area (Å²) in [5.74, 6) is 0.0917. The van der Waals surface area contributed by atoms with Crippen molar-refractivity contribution in [2.45, 2.75) is 38.0 Å². The summed E-state index contributed by atoms with van der Waals surface area (Å²) in [5.41, 5.74) is 3.72. The average Bonchev–Trinajstić information content (AvgIpc) is 3.55. The number of nitriles is 1. The van der Waals surface area contributed by atoms with Crippen LogP contribution in [0.2, 0.25) is 0 Å². The Morgan fingerprint density at radius 1 is 1.11 bits per heavy atom. The fraction of sp³-hybridized carbons (Fsp3) is 0.333. The maximum absolute atomic E-state index is 14.7. The van der Waals surface area contributed by atoms with Gasteiger partial charge in [-0.3, -0.25) is 14.0 Å². The van der Waals surface area contributed by atoms with Gasteiger partial charge in [-0.1, -0.05) is 0 Å². The Labute approximate surface area is 202 Å². The lowest BCUT2D eigenvalue weighted by Crippen LogP contribution is -2.36. The number of amides is 1. The van der Waals surface area contributed by atoms with Crippen LogP contribution in [-0.4, -0.2) is 43.2 Å². The monoisotopic (exact) mass is 468 g/mol. The van der Waals surface area contributed by atoms with E-state index in [9.17, 15) is 14.4 Å². The van der Waals surface area contributed by atoms with Crippen LogP contribution >= 0.6 is 0 Å². The SMILES string of the molecule is Cn1ncc2cc(-n3c(-c4ccc(C#N)c(F)c4)nc(C(=O)N4CCCCC4)c3C3CC3)ccc21. The summed E-state index contributed by atoms with van der Waals surface area (Å²) in [4.78, 5) is 20.5. The molecule has 0 spiro atoms. The molecule has 1 saturated heterocycles. The van der Waals surface area contributed by atoms with Gasteiger partial charge in [-0.2, -0.15) is 10.4 Å². The molecule has 35 heavy (non-hydrogen) atoms. The van der Waals surface area contributed by atoms with Gasteiger partial charge < -0.3 is 4.90 Å². The number of carbonyl (C=O) groups excluding carboxylic acids is 1. The number of imidazole rings is 1. The van der Waals surface area contributed by atoms with Crippen molar-refractivity contribution in [3.05, 3.63) is 65.4 Å². The normalized spacial score (nSPS) is 16.0. The number of rotatable bonds is 4. The molecule has 6 rings (SSSR count). The molecule has 7 nitrogen and oxygen atoms in total. The number of aromatic nitrogens is 4. The van der Waals surface area contributed by atoms with Crippen molar-refractivity contribution in [1.82, 2.24) is 24.2 Å². The first-order valence-corrected chi connectivity index (χ1v) is 12.1.